The highest BCUT2D eigenvalue weighted by Crippen LogP contribution is 2.32. The molecule has 1 amide bonds. The summed E-state index contributed by atoms with van der Waals surface area (Å²) < 4.78 is 5.06. The minimum atomic E-state index is -0.373. The maximum atomic E-state index is 13.0. The monoisotopic (exact) mass is 345 g/mol. The molecule has 0 fully saturated rings. The summed E-state index contributed by atoms with van der Waals surface area (Å²) in [6, 6.07) is 4.77. The maximum Gasteiger partial charge on any atom is 0.240 e. The average Bonchev–Trinajstić information content (AvgIpc) is 2.55. The van der Waals surface area contributed by atoms with Gasteiger partial charge in [0.15, 0.2) is 5.78 Å². The number of Topliss-reactive ketones (excluding diaryl/α,β-unsaturated/α-hetero) is 2. The molecule has 7 nitrogen and oxygen atoms in total. The molecule has 0 atom stereocenters. The van der Waals surface area contributed by atoms with E-state index in [1.165, 1.54) is 19.1 Å². The van der Waals surface area contributed by atoms with Crippen LogP contribution in [-0.2, 0) is 9.53 Å². The Morgan fingerprint density at radius 2 is 1.84 bits per heavy atom. The molecule has 0 saturated heterocycles. The van der Waals surface area contributed by atoms with Gasteiger partial charge >= 0.3 is 0 Å². The highest BCUT2D eigenvalue weighted by molar-refractivity contribution is 6.29. The van der Waals surface area contributed by atoms with E-state index in [0.717, 1.165) is 0 Å². The smallest absolute Gasteiger partial charge is 0.240 e. The predicted molar refractivity (Wildman–Crippen MR) is 94.4 cm³/mol. The van der Waals surface area contributed by atoms with E-state index in [4.69, 9.17) is 10.5 Å². The molecule has 134 valence electrons. The number of carbonyl (C=O) groups excluding carboxylic acids is 3. The van der Waals surface area contributed by atoms with E-state index in [9.17, 15) is 14.4 Å². The second kappa shape index (κ2) is 7.58. The molecule has 7 heteroatoms. The van der Waals surface area contributed by atoms with Gasteiger partial charge in [-0.1, -0.05) is 12.1 Å². The normalized spacial score (nSPS) is 14.1. The molecular weight excluding hydrogens is 322 g/mol. The zero-order chi connectivity index (χ0) is 18.7. The highest BCUT2D eigenvalue weighted by atomic mass is 16.5. The number of likely N-dealkylation sites (N-methyl/N-ethyl adjacent to an activating group) is 2. The second-order valence-electron chi connectivity index (χ2n) is 6.19. The standard InChI is InChI=1S/C18H23N3O4/c1-20(2)10-14(22)21(3)16-12(8-9-25-4)17(23)15-11(18(16)24)6-5-7-13(15)19/h5-7H,8-10,19H2,1-4H3. The molecule has 2 N–H and O–H groups in total. The fraction of sp³-hybridized carbons (Fsp3) is 0.389. The Balaban J connectivity index is 2.56. The third-order valence-electron chi connectivity index (χ3n) is 4.06. The highest BCUT2D eigenvalue weighted by Gasteiger charge is 2.36. The van der Waals surface area contributed by atoms with Gasteiger partial charge in [-0.3, -0.25) is 14.4 Å². The number of nitrogens with two attached hydrogens (primary N) is 1. The van der Waals surface area contributed by atoms with Crippen LogP contribution in [0.3, 0.4) is 0 Å². The fourth-order valence-electron chi connectivity index (χ4n) is 2.83. The van der Waals surface area contributed by atoms with Crippen LogP contribution in [0.1, 0.15) is 27.1 Å². The van der Waals surface area contributed by atoms with Gasteiger partial charge in [0, 0.05) is 37.4 Å². The van der Waals surface area contributed by atoms with Crippen molar-refractivity contribution in [1.29, 1.82) is 0 Å². The molecule has 0 bridgehead atoms. The number of fused-ring (bicyclic) bond motifs is 1. The largest absolute Gasteiger partial charge is 0.398 e. The lowest BCUT2D eigenvalue weighted by Crippen LogP contribution is -2.40. The summed E-state index contributed by atoms with van der Waals surface area (Å²) in [4.78, 5) is 41.4. The molecule has 0 unspecified atom stereocenters. The number of anilines is 1. The summed E-state index contributed by atoms with van der Waals surface area (Å²) in [5.74, 6) is -0.977. The van der Waals surface area contributed by atoms with Crippen molar-refractivity contribution in [3.63, 3.8) is 0 Å². The molecule has 0 saturated carbocycles. The molecular formula is C18H23N3O4. The fourth-order valence-corrected chi connectivity index (χ4v) is 2.83. The van der Waals surface area contributed by atoms with Gasteiger partial charge < -0.3 is 20.3 Å². The number of amides is 1. The third-order valence-corrected chi connectivity index (χ3v) is 4.06. The summed E-state index contributed by atoms with van der Waals surface area (Å²) in [7, 11) is 6.54. The van der Waals surface area contributed by atoms with Crippen molar-refractivity contribution in [3.8, 4) is 0 Å². The number of methoxy groups -OCH3 is 1. The van der Waals surface area contributed by atoms with Gasteiger partial charge in [-0.15, -0.1) is 0 Å². The van der Waals surface area contributed by atoms with E-state index in [1.807, 2.05) is 0 Å². The SMILES string of the molecule is COCCC1=C(N(C)C(=O)CN(C)C)C(=O)c2cccc(N)c2C1=O. The topological polar surface area (TPSA) is 92.9 Å². The van der Waals surface area contributed by atoms with Gasteiger partial charge in [-0.25, -0.2) is 0 Å². The summed E-state index contributed by atoms with van der Waals surface area (Å²) in [6.45, 7) is 0.387. The Morgan fingerprint density at radius 3 is 2.44 bits per heavy atom. The number of nitrogens with zero attached hydrogens (tertiary/aromatic N) is 2. The molecule has 1 aliphatic rings. The van der Waals surface area contributed by atoms with Gasteiger partial charge in [-0.2, -0.15) is 0 Å². The van der Waals surface area contributed by atoms with Crippen LogP contribution in [0.2, 0.25) is 0 Å². The van der Waals surface area contributed by atoms with Crippen molar-refractivity contribution < 1.29 is 19.1 Å². The number of allylic oxidation sites excluding steroid dienone is 1. The predicted octanol–water partition coefficient (Wildman–Crippen LogP) is 0.958. The Bertz CT molecular complexity index is 753. The molecule has 1 aromatic rings. The Morgan fingerprint density at radius 1 is 1.16 bits per heavy atom. The first-order valence-electron chi connectivity index (χ1n) is 7.90. The number of rotatable bonds is 6. The number of carbonyl (C=O) groups is 3. The number of hydrogen-bond donors (Lipinski definition) is 1. The Labute approximate surface area is 147 Å². The van der Waals surface area contributed by atoms with E-state index < -0.39 is 0 Å². The number of nitrogen functional groups attached to an aromatic ring is 1. The molecule has 0 radical (unpaired) electrons. The number of hydrogen-bond acceptors (Lipinski definition) is 6. The molecule has 1 aromatic carbocycles. The van der Waals surface area contributed by atoms with E-state index in [1.54, 1.807) is 37.2 Å². The lowest BCUT2D eigenvalue weighted by atomic mass is 9.84. The summed E-state index contributed by atoms with van der Waals surface area (Å²) >= 11 is 0. The van der Waals surface area contributed by atoms with Crippen molar-refractivity contribution in [3.05, 3.63) is 40.6 Å². The van der Waals surface area contributed by atoms with Crippen LogP contribution in [0.15, 0.2) is 29.5 Å². The lowest BCUT2D eigenvalue weighted by Gasteiger charge is -2.28. The van der Waals surface area contributed by atoms with Gasteiger partial charge in [0.05, 0.1) is 24.4 Å². The van der Waals surface area contributed by atoms with Crippen molar-refractivity contribution >= 4 is 23.2 Å². The first-order chi connectivity index (χ1) is 11.8. The molecule has 0 heterocycles. The molecule has 0 aliphatic heterocycles. The molecule has 0 aromatic heterocycles. The summed E-state index contributed by atoms with van der Waals surface area (Å²) in [5, 5.41) is 0. The van der Waals surface area contributed by atoms with Gasteiger partial charge in [0.1, 0.15) is 0 Å². The lowest BCUT2D eigenvalue weighted by molar-refractivity contribution is -0.128. The van der Waals surface area contributed by atoms with Crippen LogP contribution in [0.4, 0.5) is 5.69 Å². The van der Waals surface area contributed by atoms with Gasteiger partial charge in [-0.05, 0) is 20.2 Å². The van der Waals surface area contributed by atoms with Crippen molar-refractivity contribution in [1.82, 2.24) is 9.80 Å². The summed E-state index contributed by atoms with van der Waals surface area (Å²) in [6.07, 6.45) is 0.226. The third kappa shape index (κ3) is 3.62. The first kappa shape index (κ1) is 18.8. The van der Waals surface area contributed by atoms with E-state index in [2.05, 4.69) is 0 Å². The maximum absolute atomic E-state index is 13.0. The second-order valence-corrected chi connectivity index (χ2v) is 6.19. The Kier molecular flexibility index (Phi) is 5.71. The molecule has 25 heavy (non-hydrogen) atoms. The minimum absolute atomic E-state index is 0.104. The zero-order valence-corrected chi connectivity index (χ0v) is 15.0. The van der Waals surface area contributed by atoms with Gasteiger partial charge in [0.2, 0.25) is 11.7 Å². The Hall–Kier alpha value is -2.51. The van der Waals surface area contributed by atoms with E-state index in [0.29, 0.717) is 0 Å². The van der Waals surface area contributed by atoms with Gasteiger partial charge in [0.25, 0.3) is 0 Å². The molecule has 0 spiro atoms. The summed E-state index contributed by atoms with van der Waals surface area (Å²) in [5.41, 5.74) is 6.97. The van der Waals surface area contributed by atoms with Crippen molar-refractivity contribution in [2.24, 2.45) is 0 Å². The van der Waals surface area contributed by atoms with Crippen molar-refractivity contribution in [2.75, 3.05) is 47.1 Å². The van der Waals surface area contributed by atoms with Crippen LogP contribution < -0.4 is 5.73 Å². The van der Waals surface area contributed by atoms with Crippen molar-refractivity contribution in [2.45, 2.75) is 6.42 Å². The van der Waals surface area contributed by atoms with Crippen LogP contribution in [-0.4, -0.2) is 68.7 Å². The average molecular weight is 345 g/mol. The molecule has 2 rings (SSSR count). The number of ketones is 2. The zero-order valence-electron chi connectivity index (χ0n) is 15.0. The quantitative estimate of drug-likeness (QED) is 0.772. The van der Waals surface area contributed by atoms with Crippen LogP contribution in [0, 0.1) is 0 Å². The number of ether oxygens (including phenoxy) is 1. The van der Waals surface area contributed by atoms with E-state index in [-0.39, 0.29) is 65.1 Å². The minimum Gasteiger partial charge on any atom is -0.398 e. The van der Waals surface area contributed by atoms with Crippen LogP contribution in [0.25, 0.3) is 0 Å². The van der Waals surface area contributed by atoms with E-state index >= 15 is 0 Å². The van der Waals surface area contributed by atoms with Crippen LogP contribution >= 0.6 is 0 Å². The number of benzene rings is 1. The van der Waals surface area contributed by atoms with Crippen LogP contribution in [0.5, 0.6) is 0 Å². The first-order valence-corrected chi connectivity index (χ1v) is 7.90. The molecule has 1 aliphatic carbocycles.